The third kappa shape index (κ3) is 4.69. The van der Waals surface area contributed by atoms with Crippen LogP contribution in [0.15, 0.2) is 24.3 Å². The quantitative estimate of drug-likeness (QED) is 0.654. The summed E-state index contributed by atoms with van der Waals surface area (Å²) in [5.74, 6) is 1.38. The largest absolute Gasteiger partial charge is 0.0893 e. The second-order valence-electron chi connectivity index (χ2n) is 5.26. The molecule has 2 atom stereocenters. The molecule has 1 aromatic rings. The van der Waals surface area contributed by atoms with Crippen LogP contribution in [0.25, 0.3) is 0 Å². The molecule has 16 heavy (non-hydrogen) atoms. The van der Waals surface area contributed by atoms with Gasteiger partial charge in [-0.05, 0) is 35.8 Å². The van der Waals surface area contributed by atoms with E-state index in [0.29, 0.717) is 10.7 Å². The number of alkyl halides is 1. The molecule has 0 aliphatic heterocycles. The summed E-state index contributed by atoms with van der Waals surface area (Å²) < 4.78 is 0. The molecule has 0 N–H and O–H groups in total. The van der Waals surface area contributed by atoms with Crippen molar-refractivity contribution in [2.75, 3.05) is 0 Å². The molecule has 0 spiro atoms. The van der Waals surface area contributed by atoms with Crippen LogP contribution in [0.2, 0.25) is 0 Å². The molecule has 0 nitrogen and oxygen atoms in total. The molecule has 0 aliphatic rings. The molecule has 0 saturated carbocycles. The van der Waals surface area contributed by atoms with Crippen molar-refractivity contribution >= 4 is 15.9 Å². The van der Waals surface area contributed by atoms with Crippen LogP contribution >= 0.6 is 15.9 Å². The zero-order valence-electron chi connectivity index (χ0n) is 10.8. The molecule has 1 rings (SSSR count). The topological polar surface area (TPSA) is 0 Å². The molecule has 0 radical (unpaired) electrons. The number of benzene rings is 1. The van der Waals surface area contributed by atoms with Crippen molar-refractivity contribution in [2.45, 2.75) is 51.3 Å². The number of hydrogen-bond donors (Lipinski definition) is 0. The van der Waals surface area contributed by atoms with Gasteiger partial charge in [0.15, 0.2) is 0 Å². The van der Waals surface area contributed by atoms with Gasteiger partial charge in [-0.2, -0.15) is 0 Å². The average molecular weight is 283 g/mol. The van der Waals surface area contributed by atoms with E-state index < -0.39 is 0 Å². The molecule has 1 heteroatoms. The SMILES string of the molecule is CC(C)Cc1cccc(C(C)CC(C)Br)c1. The Balaban J connectivity index is 2.73. The first-order chi connectivity index (χ1) is 7.49. The molecular formula is C15H23Br. The van der Waals surface area contributed by atoms with E-state index in [1.54, 1.807) is 0 Å². The van der Waals surface area contributed by atoms with E-state index in [1.807, 2.05) is 0 Å². The van der Waals surface area contributed by atoms with Crippen LogP contribution in [0.5, 0.6) is 0 Å². The van der Waals surface area contributed by atoms with Gasteiger partial charge in [-0.1, -0.05) is 67.9 Å². The summed E-state index contributed by atoms with van der Waals surface area (Å²) in [6.45, 7) is 9.08. The van der Waals surface area contributed by atoms with Crippen molar-refractivity contribution < 1.29 is 0 Å². The van der Waals surface area contributed by atoms with Gasteiger partial charge in [0.2, 0.25) is 0 Å². The lowest BCUT2D eigenvalue weighted by atomic mass is 9.93. The molecule has 0 fully saturated rings. The smallest absolute Gasteiger partial charge is 0.0123 e. The van der Waals surface area contributed by atoms with Crippen molar-refractivity contribution in [1.29, 1.82) is 0 Å². The molecule has 0 heterocycles. The highest BCUT2D eigenvalue weighted by Crippen LogP contribution is 2.24. The van der Waals surface area contributed by atoms with Crippen molar-refractivity contribution in [3.8, 4) is 0 Å². The second kappa shape index (κ2) is 6.44. The Morgan fingerprint density at radius 3 is 2.38 bits per heavy atom. The van der Waals surface area contributed by atoms with Gasteiger partial charge in [-0.25, -0.2) is 0 Å². The summed E-state index contributed by atoms with van der Waals surface area (Å²) >= 11 is 3.63. The van der Waals surface area contributed by atoms with E-state index in [2.05, 4.69) is 67.9 Å². The first-order valence-corrected chi connectivity index (χ1v) is 7.13. The van der Waals surface area contributed by atoms with Crippen LogP contribution in [0.3, 0.4) is 0 Å². The van der Waals surface area contributed by atoms with Gasteiger partial charge in [0.05, 0.1) is 0 Å². The van der Waals surface area contributed by atoms with Crippen LogP contribution in [-0.2, 0) is 6.42 Å². The lowest BCUT2D eigenvalue weighted by Crippen LogP contribution is -2.02. The number of halogens is 1. The summed E-state index contributed by atoms with van der Waals surface area (Å²) in [7, 11) is 0. The van der Waals surface area contributed by atoms with Crippen molar-refractivity contribution in [2.24, 2.45) is 5.92 Å². The maximum absolute atomic E-state index is 3.63. The van der Waals surface area contributed by atoms with Crippen LogP contribution in [0.1, 0.15) is 51.2 Å². The fourth-order valence-corrected chi connectivity index (χ4v) is 2.68. The summed E-state index contributed by atoms with van der Waals surface area (Å²) in [4.78, 5) is 0.594. The third-order valence-corrected chi connectivity index (χ3v) is 3.22. The van der Waals surface area contributed by atoms with Crippen molar-refractivity contribution in [3.63, 3.8) is 0 Å². The maximum Gasteiger partial charge on any atom is 0.0123 e. The average Bonchev–Trinajstić information content (AvgIpc) is 2.16. The molecule has 2 unspecified atom stereocenters. The molecule has 1 aromatic carbocycles. The molecular weight excluding hydrogens is 260 g/mol. The van der Waals surface area contributed by atoms with E-state index in [1.165, 1.54) is 24.0 Å². The van der Waals surface area contributed by atoms with Gasteiger partial charge >= 0.3 is 0 Å². The molecule has 0 amide bonds. The second-order valence-corrected chi connectivity index (χ2v) is 6.82. The zero-order valence-corrected chi connectivity index (χ0v) is 12.4. The van der Waals surface area contributed by atoms with Crippen LogP contribution in [0.4, 0.5) is 0 Å². The monoisotopic (exact) mass is 282 g/mol. The molecule has 0 saturated heterocycles. The Morgan fingerprint density at radius 2 is 1.81 bits per heavy atom. The Labute approximate surface area is 109 Å². The van der Waals surface area contributed by atoms with Gasteiger partial charge in [-0.3, -0.25) is 0 Å². The highest BCUT2D eigenvalue weighted by Gasteiger charge is 2.09. The first-order valence-electron chi connectivity index (χ1n) is 6.22. The standard InChI is InChI=1S/C15H23Br/c1-11(2)8-14-6-5-7-15(10-14)12(3)9-13(4)16/h5-7,10-13H,8-9H2,1-4H3. The van der Waals surface area contributed by atoms with Crippen molar-refractivity contribution in [1.82, 2.24) is 0 Å². The predicted octanol–water partition coefficient (Wildman–Crippen LogP) is 5.16. The minimum absolute atomic E-state index is 0.594. The lowest BCUT2D eigenvalue weighted by molar-refractivity contribution is 0.642. The Bertz CT molecular complexity index is 315. The predicted molar refractivity (Wildman–Crippen MR) is 76.4 cm³/mol. The van der Waals surface area contributed by atoms with E-state index in [0.717, 1.165) is 5.92 Å². The van der Waals surface area contributed by atoms with E-state index in [9.17, 15) is 0 Å². The van der Waals surface area contributed by atoms with E-state index >= 15 is 0 Å². The number of rotatable bonds is 5. The normalized spacial score (nSPS) is 15.1. The molecule has 0 bridgehead atoms. The lowest BCUT2D eigenvalue weighted by Gasteiger charge is -2.15. The van der Waals surface area contributed by atoms with Crippen LogP contribution < -0.4 is 0 Å². The van der Waals surface area contributed by atoms with Gasteiger partial charge in [0.25, 0.3) is 0 Å². The Kier molecular flexibility index (Phi) is 5.54. The summed E-state index contributed by atoms with van der Waals surface area (Å²) in [5, 5.41) is 0. The Hall–Kier alpha value is -0.300. The number of hydrogen-bond acceptors (Lipinski definition) is 0. The Morgan fingerprint density at radius 1 is 1.12 bits per heavy atom. The minimum atomic E-state index is 0.594. The maximum atomic E-state index is 3.63. The molecule has 0 aliphatic carbocycles. The van der Waals surface area contributed by atoms with Gasteiger partial charge in [0.1, 0.15) is 0 Å². The highest BCUT2D eigenvalue weighted by atomic mass is 79.9. The fraction of sp³-hybridized carbons (Fsp3) is 0.600. The van der Waals surface area contributed by atoms with Gasteiger partial charge < -0.3 is 0 Å². The van der Waals surface area contributed by atoms with Gasteiger partial charge in [0, 0.05) is 4.83 Å². The fourth-order valence-electron chi connectivity index (χ4n) is 2.12. The minimum Gasteiger partial charge on any atom is -0.0893 e. The summed E-state index contributed by atoms with van der Waals surface area (Å²) in [6.07, 6.45) is 2.38. The van der Waals surface area contributed by atoms with Crippen LogP contribution in [0, 0.1) is 5.92 Å². The van der Waals surface area contributed by atoms with E-state index in [-0.39, 0.29) is 0 Å². The molecule has 0 aromatic heterocycles. The summed E-state index contributed by atoms with van der Waals surface area (Å²) in [6, 6.07) is 9.07. The van der Waals surface area contributed by atoms with Crippen LogP contribution in [-0.4, -0.2) is 4.83 Å². The third-order valence-electron chi connectivity index (χ3n) is 2.84. The molecule has 90 valence electrons. The van der Waals surface area contributed by atoms with Crippen molar-refractivity contribution in [3.05, 3.63) is 35.4 Å². The zero-order chi connectivity index (χ0) is 12.1. The first kappa shape index (κ1) is 13.8. The highest BCUT2D eigenvalue weighted by molar-refractivity contribution is 9.09. The summed E-state index contributed by atoms with van der Waals surface area (Å²) in [5.41, 5.74) is 2.95. The van der Waals surface area contributed by atoms with E-state index in [4.69, 9.17) is 0 Å². The van der Waals surface area contributed by atoms with Gasteiger partial charge in [-0.15, -0.1) is 0 Å².